The lowest BCUT2D eigenvalue weighted by molar-refractivity contribution is 0.602. The fraction of sp³-hybridized carbons (Fsp3) is 0.167. The monoisotopic (exact) mass is 225 g/mol. The summed E-state index contributed by atoms with van der Waals surface area (Å²) >= 11 is 11.1. The molecule has 0 amide bonds. The first-order valence-corrected chi connectivity index (χ1v) is 5.57. The van der Waals surface area contributed by atoms with Gasteiger partial charge in [-0.05, 0) is 6.07 Å². The van der Waals surface area contributed by atoms with Gasteiger partial charge in [-0.1, -0.05) is 23.2 Å². The molecule has 66 valence electrons. The highest BCUT2D eigenvalue weighted by molar-refractivity contribution is 7.90. The summed E-state index contributed by atoms with van der Waals surface area (Å²) in [4.78, 5) is 3.63. The van der Waals surface area contributed by atoms with Crippen molar-refractivity contribution in [2.24, 2.45) is 0 Å². The molecule has 12 heavy (non-hydrogen) atoms. The molecule has 0 aliphatic carbocycles. The van der Waals surface area contributed by atoms with Crippen LogP contribution in [-0.2, 0) is 9.84 Å². The third-order valence-corrected chi connectivity index (χ3v) is 2.94. The molecule has 0 spiro atoms. The lowest BCUT2D eigenvalue weighted by atomic mass is 10.5. The highest BCUT2D eigenvalue weighted by atomic mass is 35.5. The van der Waals surface area contributed by atoms with E-state index in [4.69, 9.17) is 23.2 Å². The van der Waals surface area contributed by atoms with Gasteiger partial charge in [-0.2, -0.15) is 0 Å². The zero-order chi connectivity index (χ0) is 9.35. The van der Waals surface area contributed by atoms with Gasteiger partial charge in [0.2, 0.25) is 0 Å². The lowest BCUT2D eigenvalue weighted by Crippen LogP contribution is -1.98. The van der Waals surface area contributed by atoms with Crippen LogP contribution in [0.25, 0.3) is 0 Å². The second-order valence-corrected chi connectivity index (χ2v) is 4.99. The van der Waals surface area contributed by atoms with Gasteiger partial charge in [0.05, 0.1) is 9.92 Å². The van der Waals surface area contributed by atoms with E-state index in [2.05, 4.69) is 4.98 Å². The molecule has 0 radical (unpaired) electrons. The predicted octanol–water partition coefficient (Wildman–Crippen LogP) is 1.79. The molecule has 0 aliphatic heterocycles. The van der Waals surface area contributed by atoms with Gasteiger partial charge in [0.25, 0.3) is 0 Å². The number of sulfone groups is 1. The largest absolute Gasteiger partial charge is 0.243 e. The van der Waals surface area contributed by atoms with Gasteiger partial charge in [0.15, 0.2) is 9.84 Å². The molecule has 0 bridgehead atoms. The van der Waals surface area contributed by atoms with Gasteiger partial charge >= 0.3 is 0 Å². The smallest absolute Gasteiger partial charge is 0.177 e. The number of hydrogen-bond donors (Lipinski definition) is 0. The zero-order valence-corrected chi connectivity index (χ0v) is 8.41. The van der Waals surface area contributed by atoms with Crippen molar-refractivity contribution < 1.29 is 8.42 Å². The third-order valence-electron chi connectivity index (χ3n) is 1.19. The summed E-state index contributed by atoms with van der Waals surface area (Å²) in [6.45, 7) is 0. The Morgan fingerprint density at radius 3 is 2.42 bits per heavy atom. The molecule has 1 rings (SSSR count). The Morgan fingerprint density at radius 1 is 1.42 bits per heavy atom. The van der Waals surface area contributed by atoms with E-state index in [0.29, 0.717) is 0 Å². The predicted molar refractivity (Wildman–Crippen MR) is 47.4 cm³/mol. The minimum atomic E-state index is -3.31. The Hall–Kier alpha value is -0.320. The standard InChI is InChI=1S/C6H5Cl2NO2S/c1-12(10,11)5-2-6(8)9-3-4(5)7/h2-3H,1H3. The molecule has 0 saturated carbocycles. The quantitative estimate of drug-likeness (QED) is 0.686. The Balaban J connectivity index is 3.43. The van der Waals surface area contributed by atoms with Gasteiger partial charge in [-0.3, -0.25) is 0 Å². The summed E-state index contributed by atoms with van der Waals surface area (Å²) < 4.78 is 22.1. The maximum absolute atomic E-state index is 11.0. The second-order valence-electron chi connectivity index (χ2n) is 2.21. The van der Waals surface area contributed by atoms with Gasteiger partial charge < -0.3 is 0 Å². The lowest BCUT2D eigenvalue weighted by Gasteiger charge is -2.00. The molecule has 1 heterocycles. The third kappa shape index (κ3) is 2.09. The van der Waals surface area contributed by atoms with Crippen LogP contribution in [0.1, 0.15) is 0 Å². The van der Waals surface area contributed by atoms with E-state index in [9.17, 15) is 8.42 Å². The Labute approximate surface area is 80.2 Å². The highest BCUT2D eigenvalue weighted by Gasteiger charge is 2.12. The van der Waals surface area contributed by atoms with Crippen LogP contribution in [0.3, 0.4) is 0 Å². The van der Waals surface area contributed by atoms with Gasteiger partial charge in [-0.25, -0.2) is 13.4 Å². The number of pyridine rings is 1. The molecule has 0 aliphatic rings. The molecule has 0 saturated heterocycles. The molecule has 1 aromatic rings. The number of nitrogens with zero attached hydrogens (tertiary/aromatic N) is 1. The van der Waals surface area contributed by atoms with Crippen molar-refractivity contribution in [3.05, 3.63) is 22.4 Å². The summed E-state index contributed by atoms with van der Waals surface area (Å²) in [7, 11) is -3.31. The van der Waals surface area contributed by atoms with E-state index in [0.717, 1.165) is 6.26 Å². The normalized spacial score (nSPS) is 11.6. The summed E-state index contributed by atoms with van der Waals surface area (Å²) in [5.41, 5.74) is 0. The topological polar surface area (TPSA) is 47.0 Å². The average Bonchev–Trinajstić information content (AvgIpc) is 1.92. The summed E-state index contributed by atoms with van der Waals surface area (Å²) in [5.74, 6) is 0. The van der Waals surface area contributed by atoms with Crippen LogP contribution in [0.5, 0.6) is 0 Å². The molecule has 0 fully saturated rings. The van der Waals surface area contributed by atoms with Crippen molar-refractivity contribution in [1.82, 2.24) is 4.98 Å². The van der Waals surface area contributed by atoms with Gasteiger partial charge in [0.1, 0.15) is 5.15 Å². The van der Waals surface area contributed by atoms with Gasteiger partial charge in [-0.15, -0.1) is 0 Å². The first-order chi connectivity index (χ1) is 5.41. The van der Waals surface area contributed by atoms with Crippen molar-refractivity contribution in [3.63, 3.8) is 0 Å². The van der Waals surface area contributed by atoms with Crippen molar-refractivity contribution >= 4 is 33.0 Å². The van der Waals surface area contributed by atoms with E-state index in [1.165, 1.54) is 12.3 Å². The van der Waals surface area contributed by atoms with Crippen molar-refractivity contribution in [3.8, 4) is 0 Å². The SMILES string of the molecule is CS(=O)(=O)c1cc(Cl)ncc1Cl. The van der Waals surface area contributed by atoms with Crippen LogP contribution in [0.2, 0.25) is 10.2 Å². The molecular weight excluding hydrogens is 221 g/mol. The van der Waals surface area contributed by atoms with E-state index in [1.807, 2.05) is 0 Å². The average molecular weight is 226 g/mol. The first kappa shape index (κ1) is 9.77. The Morgan fingerprint density at radius 2 is 2.00 bits per heavy atom. The van der Waals surface area contributed by atoms with Crippen molar-refractivity contribution in [2.45, 2.75) is 4.90 Å². The van der Waals surface area contributed by atoms with Crippen LogP contribution in [-0.4, -0.2) is 19.7 Å². The van der Waals surface area contributed by atoms with Gasteiger partial charge in [0, 0.05) is 12.5 Å². The summed E-state index contributed by atoms with van der Waals surface area (Å²) in [6, 6.07) is 1.22. The van der Waals surface area contributed by atoms with E-state index in [-0.39, 0.29) is 15.1 Å². The zero-order valence-electron chi connectivity index (χ0n) is 6.08. The van der Waals surface area contributed by atoms with E-state index in [1.54, 1.807) is 0 Å². The number of halogens is 2. The first-order valence-electron chi connectivity index (χ1n) is 2.92. The second kappa shape index (κ2) is 3.20. The number of rotatable bonds is 1. The number of aromatic nitrogens is 1. The molecule has 0 aromatic carbocycles. The highest BCUT2D eigenvalue weighted by Crippen LogP contribution is 2.22. The van der Waals surface area contributed by atoms with E-state index < -0.39 is 9.84 Å². The van der Waals surface area contributed by atoms with E-state index >= 15 is 0 Å². The molecule has 6 heteroatoms. The fourth-order valence-corrected chi connectivity index (χ4v) is 2.16. The maximum atomic E-state index is 11.0. The van der Waals surface area contributed by atoms with Crippen LogP contribution in [0, 0.1) is 0 Å². The van der Waals surface area contributed by atoms with Crippen molar-refractivity contribution in [2.75, 3.05) is 6.26 Å². The molecule has 0 unspecified atom stereocenters. The van der Waals surface area contributed by atoms with Crippen LogP contribution in [0.4, 0.5) is 0 Å². The minimum Gasteiger partial charge on any atom is -0.243 e. The molecule has 1 aromatic heterocycles. The van der Waals surface area contributed by atoms with Crippen molar-refractivity contribution in [1.29, 1.82) is 0 Å². The Bertz CT molecular complexity index is 402. The van der Waals surface area contributed by atoms with Crippen LogP contribution >= 0.6 is 23.2 Å². The number of hydrogen-bond acceptors (Lipinski definition) is 3. The summed E-state index contributed by atoms with van der Waals surface area (Å²) in [6.07, 6.45) is 2.27. The molecule has 0 atom stereocenters. The summed E-state index contributed by atoms with van der Waals surface area (Å²) in [5, 5.41) is 0.196. The molecular formula is C6H5Cl2NO2S. The molecule has 0 N–H and O–H groups in total. The van der Waals surface area contributed by atoms with Crippen LogP contribution < -0.4 is 0 Å². The van der Waals surface area contributed by atoms with Crippen LogP contribution in [0.15, 0.2) is 17.2 Å². The fourth-order valence-electron chi connectivity index (χ4n) is 0.680. The maximum Gasteiger partial charge on any atom is 0.177 e. The Kier molecular flexibility index (Phi) is 2.61. The minimum absolute atomic E-state index is 0.00386. The molecule has 3 nitrogen and oxygen atoms in total.